The van der Waals surface area contributed by atoms with Gasteiger partial charge in [-0.15, -0.1) is 0 Å². The van der Waals surface area contributed by atoms with E-state index in [1.807, 2.05) is 31.2 Å². The molecular weight excluding hydrogens is 268 g/mol. The molecule has 2 rings (SSSR count). The van der Waals surface area contributed by atoms with Crippen LogP contribution < -0.4 is 10.1 Å². The molecule has 1 aliphatic rings. The minimum atomic E-state index is -3.36. The molecule has 1 fully saturated rings. The van der Waals surface area contributed by atoms with Crippen LogP contribution in [0.4, 0.5) is 8.78 Å². The van der Waals surface area contributed by atoms with Gasteiger partial charge < -0.3 is 14.8 Å². The first kappa shape index (κ1) is 14.7. The Kier molecular flexibility index (Phi) is 4.23. The smallest absolute Gasteiger partial charge is 0.377 e. The summed E-state index contributed by atoms with van der Waals surface area (Å²) in [6, 6.07) is 7.36. The predicted molar refractivity (Wildman–Crippen MR) is 68.9 cm³/mol. The van der Waals surface area contributed by atoms with Gasteiger partial charge in [-0.1, -0.05) is 18.2 Å². The molecule has 0 bridgehead atoms. The molecule has 1 aliphatic heterocycles. The highest BCUT2D eigenvalue weighted by Gasteiger charge is 2.50. The van der Waals surface area contributed by atoms with E-state index in [1.54, 1.807) is 7.11 Å². The second-order valence-electron chi connectivity index (χ2n) is 4.81. The standard InChI is InChI=1S/C14H17F2NO3/c1-9(11-5-3-4-6-12(11)19-2)17-8-10-7-14(15,16)13(18)20-10/h3-6,9-10,17H,7-8H2,1-2H3/t9-,10?/m0/s1. The normalized spacial score (nSPS) is 22.4. The number of nitrogens with one attached hydrogen (secondary N) is 1. The van der Waals surface area contributed by atoms with E-state index in [9.17, 15) is 13.6 Å². The van der Waals surface area contributed by atoms with E-state index in [2.05, 4.69) is 10.1 Å². The molecule has 0 amide bonds. The van der Waals surface area contributed by atoms with Gasteiger partial charge in [-0.05, 0) is 13.0 Å². The number of methoxy groups -OCH3 is 1. The fourth-order valence-electron chi connectivity index (χ4n) is 2.20. The van der Waals surface area contributed by atoms with Crippen LogP contribution in [0.2, 0.25) is 0 Å². The number of esters is 1. The number of hydrogen-bond donors (Lipinski definition) is 1. The highest BCUT2D eigenvalue weighted by atomic mass is 19.3. The first-order chi connectivity index (χ1) is 9.44. The van der Waals surface area contributed by atoms with Gasteiger partial charge in [-0.25, -0.2) is 4.79 Å². The molecule has 1 unspecified atom stereocenters. The van der Waals surface area contributed by atoms with Gasteiger partial charge in [0.2, 0.25) is 0 Å². The summed E-state index contributed by atoms with van der Waals surface area (Å²) in [4.78, 5) is 10.9. The molecule has 0 aromatic heterocycles. The summed E-state index contributed by atoms with van der Waals surface area (Å²) in [5.41, 5.74) is 0.922. The molecule has 4 nitrogen and oxygen atoms in total. The summed E-state index contributed by atoms with van der Waals surface area (Å²) in [6.07, 6.45) is -1.37. The lowest BCUT2D eigenvalue weighted by Crippen LogP contribution is -2.29. The lowest BCUT2D eigenvalue weighted by molar-refractivity contribution is -0.159. The number of rotatable bonds is 5. The summed E-state index contributed by atoms with van der Waals surface area (Å²) in [7, 11) is 1.57. The number of ether oxygens (including phenoxy) is 2. The van der Waals surface area contributed by atoms with Gasteiger partial charge in [-0.2, -0.15) is 8.78 Å². The van der Waals surface area contributed by atoms with Crippen molar-refractivity contribution in [2.75, 3.05) is 13.7 Å². The molecule has 1 N–H and O–H groups in total. The van der Waals surface area contributed by atoms with Gasteiger partial charge in [-0.3, -0.25) is 0 Å². The molecule has 1 saturated heterocycles. The van der Waals surface area contributed by atoms with Crippen LogP contribution in [0.15, 0.2) is 24.3 Å². The molecule has 0 spiro atoms. The van der Waals surface area contributed by atoms with Gasteiger partial charge in [0.15, 0.2) is 0 Å². The number of cyclic esters (lactones) is 1. The van der Waals surface area contributed by atoms with Crippen LogP contribution in [-0.4, -0.2) is 31.7 Å². The van der Waals surface area contributed by atoms with E-state index < -0.39 is 24.4 Å². The highest BCUT2D eigenvalue weighted by Crippen LogP contribution is 2.31. The van der Waals surface area contributed by atoms with Crippen LogP contribution in [0.3, 0.4) is 0 Å². The molecule has 0 radical (unpaired) electrons. The Balaban J connectivity index is 1.93. The maximum Gasteiger partial charge on any atom is 0.377 e. The lowest BCUT2D eigenvalue weighted by atomic mass is 10.1. The molecule has 1 heterocycles. The minimum Gasteiger partial charge on any atom is -0.496 e. The van der Waals surface area contributed by atoms with E-state index in [-0.39, 0.29) is 12.6 Å². The molecule has 6 heteroatoms. The van der Waals surface area contributed by atoms with Gasteiger partial charge in [0.1, 0.15) is 11.9 Å². The van der Waals surface area contributed by atoms with E-state index in [1.165, 1.54) is 0 Å². The number of carbonyl (C=O) groups is 1. The Bertz CT molecular complexity index is 493. The molecule has 0 aliphatic carbocycles. The zero-order valence-electron chi connectivity index (χ0n) is 11.4. The first-order valence-electron chi connectivity index (χ1n) is 6.39. The van der Waals surface area contributed by atoms with E-state index >= 15 is 0 Å². The average molecular weight is 285 g/mol. The first-order valence-corrected chi connectivity index (χ1v) is 6.39. The second-order valence-corrected chi connectivity index (χ2v) is 4.81. The van der Waals surface area contributed by atoms with Crippen molar-refractivity contribution in [2.45, 2.75) is 31.4 Å². The van der Waals surface area contributed by atoms with Crippen LogP contribution in [0.1, 0.15) is 24.9 Å². The molecule has 110 valence electrons. The lowest BCUT2D eigenvalue weighted by Gasteiger charge is -2.19. The monoisotopic (exact) mass is 285 g/mol. The van der Waals surface area contributed by atoms with Crippen LogP contribution in [0.25, 0.3) is 0 Å². The SMILES string of the molecule is COc1ccccc1[C@H](C)NCC1CC(F)(F)C(=O)O1. The number of benzene rings is 1. The number of hydrogen-bond acceptors (Lipinski definition) is 4. The summed E-state index contributed by atoms with van der Waals surface area (Å²) >= 11 is 0. The molecule has 0 saturated carbocycles. The summed E-state index contributed by atoms with van der Waals surface area (Å²) in [5.74, 6) is -4.07. The number of halogens is 2. The van der Waals surface area contributed by atoms with E-state index in [0.717, 1.165) is 11.3 Å². The molecular formula is C14H17F2NO3. The van der Waals surface area contributed by atoms with E-state index in [4.69, 9.17) is 4.74 Å². The minimum absolute atomic E-state index is 0.0981. The Morgan fingerprint density at radius 3 is 2.80 bits per heavy atom. The zero-order chi connectivity index (χ0) is 14.8. The van der Waals surface area contributed by atoms with Gasteiger partial charge in [0, 0.05) is 18.2 Å². The summed E-state index contributed by atoms with van der Waals surface area (Å²) in [6.45, 7) is 2.08. The van der Waals surface area contributed by atoms with Crippen LogP contribution in [-0.2, 0) is 9.53 Å². The van der Waals surface area contributed by atoms with Crippen molar-refractivity contribution in [3.05, 3.63) is 29.8 Å². The van der Waals surface area contributed by atoms with Crippen LogP contribution >= 0.6 is 0 Å². The number of para-hydroxylation sites is 1. The zero-order valence-corrected chi connectivity index (χ0v) is 11.4. The highest BCUT2D eigenvalue weighted by molar-refractivity contribution is 5.79. The Labute approximate surface area is 116 Å². The van der Waals surface area contributed by atoms with Crippen LogP contribution in [0, 0.1) is 0 Å². The molecule has 20 heavy (non-hydrogen) atoms. The topological polar surface area (TPSA) is 47.6 Å². The number of carbonyl (C=O) groups excluding carboxylic acids is 1. The summed E-state index contributed by atoms with van der Waals surface area (Å²) in [5, 5.41) is 3.08. The van der Waals surface area contributed by atoms with Crippen molar-refractivity contribution in [1.82, 2.24) is 5.32 Å². The van der Waals surface area contributed by atoms with Crippen molar-refractivity contribution >= 4 is 5.97 Å². The largest absolute Gasteiger partial charge is 0.496 e. The third-order valence-corrected chi connectivity index (χ3v) is 3.31. The van der Waals surface area contributed by atoms with E-state index in [0.29, 0.717) is 0 Å². The van der Waals surface area contributed by atoms with Crippen molar-refractivity contribution < 1.29 is 23.0 Å². The Hall–Kier alpha value is -1.69. The van der Waals surface area contributed by atoms with Gasteiger partial charge in [0.05, 0.1) is 13.5 Å². The van der Waals surface area contributed by atoms with Crippen molar-refractivity contribution in [1.29, 1.82) is 0 Å². The van der Waals surface area contributed by atoms with Gasteiger partial charge in [0.25, 0.3) is 0 Å². The van der Waals surface area contributed by atoms with Crippen molar-refractivity contribution in [3.63, 3.8) is 0 Å². The second kappa shape index (κ2) is 5.75. The maximum absolute atomic E-state index is 13.0. The molecule has 2 atom stereocenters. The average Bonchev–Trinajstić information content (AvgIpc) is 2.69. The third-order valence-electron chi connectivity index (χ3n) is 3.31. The van der Waals surface area contributed by atoms with Gasteiger partial charge >= 0.3 is 11.9 Å². The Morgan fingerprint density at radius 2 is 2.20 bits per heavy atom. The summed E-state index contributed by atoms with van der Waals surface area (Å²) < 4.78 is 35.9. The quantitative estimate of drug-likeness (QED) is 0.843. The molecule has 1 aromatic rings. The fraction of sp³-hybridized carbons (Fsp3) is 0.500. The fourth-order valence-corrected chi connectivity index (χ4v) is 2.20. The predicted octanol–water partition coefficient (Wildman–Crippen LogP) is 2.30. The third kappa shape index (κ3) is 3.07. The Morgan fingerprint density at radius 1 is 1.50 bits per heavy atom. The van der Waals surface area contributed by atoms with Crippen molar-refractivity contribution in [2.24, 2.45) is 0 Å². The van der Waals surface area contributed by atoms with Crippen molar-refractivity contribution in [3.8, 4) is 5.75 Å². The number of alkyl halides is 2. The van der Waals surface area contributed by atoms with Crippen LogP contribution in [0.5, 0.6) is 5.75 Å². The maximum atomic E-state index is 13.0. The molecule has 1 aromatic carbocycles.